The van der Waals surface area contributed by atoms with Crippen molar-refractivity contribution in [2.24, 2.45) is 5.41 Å². The molecule has 0 spiro atoms. The van der Waals surface area contributed by atoms with Crippen molar-refractivity contribution in [3.05, 3.63) is 0 Å². The molecule has 1 saturated heterocycles. The van der Waals surface area contributed by atoms with Crippen molar-refractivity contribution in [1.82, 2.24) is 10.2 Å². The van der Waals surface area contributed by atoms with Gasteiger partial charge in [-0.1, -0.05) is 20.8 Å². The Balaban J connectivity index is 2.25. The van der Waals surface area contributed by atoms with E-state index in [1.165, 1.54) is 6.42 Å². The van der Waals surface area contributed by atoms with E-state index in [1.807, 2.05) is 0 Å². The fourth-order valence-corrected chi connectivity index (χ4v) is 2.02. The predicted octanol–water partition coefficient (Wildman–Crippen LogP) is 1.73. The zero-order valence-electron chi connectivity index (χ0n) is 11.5. The minimum atomic E-state index is 0.352. The molecule has 96 valence electrons. The fraction of sp³-hybridized carbons (Fsp3) is 1.00. The van der Waals surface area contributed by atoms with Gasteiger partial charge in [0, 0.05) is 18.6 Å². The van der Waals surface area contributed by atoms with Crippen LogP contribution in [0, 0.1) is 5.41 Å². The Morgan fingerprint density at radius 3 is 2.62 bits per heavy atom. The molecule has 16 heavy (non-hydrogen) atoms. The van der Waals surface area contributed by atoms with E-state index in [1.54, 1.807) is 0 Å². The van der Waals surface area contributed by atoms with Crippen molar-refractivity contribution in [1.29, 1.82) is 0 Å². The van der Waals surface area contributed by atoms with Crippen molar-refractivity contribution >= 4 is 0 Å². The molecule has 1 aliphatic rings. The van der Waals surface area contributed by atoms with Crippen LogP contribution in [0.15, 0.2) is 0 Å². The molecule has 1 fully saturated rings. The van der Waals surface area contributed by atoms with Crippen LogP contribution < -0.4 is 5.32 Å². The van der Waals surface area contributed by atoms with E-state index in [9.17, 15) is 0 Å². The molecular weight excluding hydrogens is 200 g/mol. The van der Waals surface area contributed by atoms with E-state index >= 15 is 0 Å². The van der Waals surface area contributed by atoms with Crippen molar-refractivity contribution in [2.75, 3.05) is 33.4 Å². The molecule has 0 amide bonds. The van der Waals surface area contributed by atoms with Crippen LogP contribution in [0.2, 0.25) is 0 Å². The van der Waals surface area contributed by atoms with Gasteiger partial charge in [0.2, 0.25) is 0 Å². The summed E-state index contributed by atoms with van der Waals surface area (Å²) in [6.07, 6.45) is 1.18. The van der Waals surface area contributed by atoms with Crippen molar-refractivity contribution < 1.29 is 4.74 Å². The third kappa shape index (κ3) is 4.40. The third-order valence-electron chi connectivity index (χ3n) is 3.74. The van der Waals surface area contributed by atoms with Crippen LogP contribution in [0.25, 0.3) is 0 Å². The number of hydrogen-bond acceptors (Lipinski definition) is 3. The highest BCUT2D eigenvalue weighted by Crippen LogP contribution is 2.23. The summed E-state index contributed by atoms with van der Waals surface area (Å²) < 4.78 is 5.46. The Labute approximate surface area is 101 Å². The Kier molecular flexibility index (Phi) is 5.22. The van der Waals surface area contributed by atoms with E-state index in [0.29, 0.717) is 17.5 Å². The van der Waals surface area contributed by atoms with Gasteiger partial charge in [0.1, 0.15) is 0 Å². The minimum absolute atomic E-state index is 0.352. The molecule has 3 heteroatoms. The van der Waals surface area contributed by atoms with E-state index in [4.69, 9.17) is 4.74 Å². The van der Waals surface area contributed by atoms with Gasteiger partial charge in [-0.3, -0.25) is 0 Å². The van der Waals surface area contributed by atoms with Crippen LogP contribution in [0.1, 0.15) is 34.1 Å². The molecule has 2 unspecified atom stereocenters. The highest BCUT2D eigenvalue weighted by molar-refractivity contribution is 4.79. The van der Waals surface area contributed by atoms with E-state index in [-0.39, 0.29) is 0 Å². The zero-order chi connectivity index (χ0) is 12.2. The number of hydrogen-bond donors (Lipinski definition) is 1. The van der Waals surface area contributed by atoms with Crippen LogP contribution in [-0.2, 0) is 4.74 Å². The normalized spacial score (nSPS) is 24.8. The first-order valence-corrected chi connectivity index (χ1v) is 6.42. The average Bonchev–Trinajstić information content (AvgIpc) is 2.25. The lowest BCUT2D eigenvalue weighted by Crippen LogP contribution is -2.45. The lowest BCUT2D eigenvalue weighted by Gasteiger charge is -2.36. The molecule has 2 atom stereocenters. The standard InChI is InChI=1S/C13H28N2O/c1-11(13(2,3)4)15(5)8-6-12-10-16-9-7-14-12/h11-12,14H,6-10H2,1-5H3. The Morgan fingerprint density at radius 2 is 2.12 bits per heavy atom. The van der Waals surface area contributed by atoms with E-state index in [2.05, 4.69) is 45.0 Å². The van der Waals surface area contributed by atoms with Gasteiger partial charge >= 0.3 is 0 Å². The molecule has 0 saturated carbocycles. The summed E-state index contributed by atoms with van der Waals surface area (Å²) in [5.41, 5.74) is 0.352. The summed E-state index contributed by atoms with van der Waals surface area (Å²) in [6, 6.07) is 1.15. The van der Waals surface area contributed by atoms with Crippen molar-refractivity contribution in [3.63, 3.8) is 0 Å². The molecule has 0 radical (unpaired) electrons. The van der Waals surface area contributed by atoms with E-state index < -0.39 is 0 Å². The molecule has 0 aromatic heterocycles. The fourth-order valence-electron chi connectivity index (χ4n) is 2.02. The maximum atomic E-state index is 5.46. The largest absolute Gasteiger partial charge is 0.379 e. The van der Waals surface area contributed by atoms with Crippen LogP contribution in [-0.4, -0.2) is 50.3 Å². The first kappa shape index (κ1) is 13.9. The number of morpholine rings is 1. The molecule has 1 rings (SSSR count). The second-order valence-corrected chi connectivity index (χ2v) is 6.04. The smallest absolute Gasteiger partial charge is 0.0620 e. The summed E-state index contributed by atoms with van der Waals surface area (Å²) >= 11 is 0. The molecule has 0 aromatic rings. The Bertz CT molecular complexity index is 195. The second kappa shape index (κ2) is 5.99. The maximum absolute atomic E-state index is 5.46. The molecular formula is C13H28N2O. The van der Waals surface area contributed by atoms with Gasteiger partial charge in [-0.25, -0.2) is 0 Å². The topological polar surface area (TPSA) is 24.5 Å². The molecule has 0 bridgehead atoms. The summed E-state index contributed by atoms with van der Waals surface area (Å²) in [5, 5.41) is 3.50. The number of nitrogens with zero attached hydrogens (tertiary/aromatic N) is 1. The van der Waals surface area contributed by atoms with Crippen molar-refractivity contribution in [2.45, 2.75) is 46.2 Å². The van der Waals surface area contributed by atoms with Crippen LogP contribution in [0.4, 0.5) is 0 Å². The molecule has 1 aliphatic heterocycles. The summed E-state index contributed by atoms with van der Waals surface area (Å²) in [6.45, 7) is 13.1. The lowest BCUT2D eigenvalue weighted by atomic mass is 9.87. The predicted molar refractivity (Wildman–Crippen MR) is 68.8 cm³/mol. The van der Waals surface area contributed by atoms with Gasteiger partial charge in [0.25, 0.3) is 0 Å². The molecule has 3 nitrogen and oxygen atoms in total. The van der Waals surface area contributed by atoms with Gasteiger partial charge in [-0.05, 0) is 32.4 Å². The summed E-state index contributed by atoms with van der Waals surface area (Å²) in [4.78, 5) is 2.45. The monoisotopic (exact) mass is 228 g/mol. The average molecular weight is 228 g/mol. The first-order chi connectivity index (χ1) is 7.41. The van der Waals surface area contributed by atoms with Gasteiger partial charge in [0.15, 0.2) is 0 Å². The molecule has 0 aliphatic carbocycles. The molecule has 1 N–H and O–H groups in total. The van der Waals surface area contributed by atoms with Gasteiger partial charge in [0.05, 0.1) is 13.2 Å². The highest BCUT2D eigenvalue weighted by Gasteiger charge is 2.24. The Hall–Kier alpha value is -0.120. The van der Waals surface area contributed by atoms with Gasteiger partial charge in [-0.15, -0.1) is 0 Å². The maximum Gasteiger partial charge on any atom is 0.0620 e. The first-order valence-electron chi connectivity index (χ1n) is 6.42. The SMILES string of the molecule is CC(N(C)CCC1COCCN1)C(C)(C)C. The zero-order valence-corrected chi connectivity index (χ0v) is 11.5. The van der Waals surface area contributed by atoms with Gasteiger partial charge < -0.3 is 15.0 Å². The van der Waals surface area contributed by atoms with Gasteiger partial charge in [-0.2, -0.15) is 0 Å². The quantitative estimate of drug-likeness (QED) is 0.793. The summed E-state index contributed by atoms with van der Waals surface area (Å²) in [5.74, 6) is 0. The van der Waals surface area contributed by atoms with Crippen molar-refractivity contribution in [3.8, 4) is 0 Å². The number of ether oxygens (including phenoxy) is 1. The number of nitrogens with one attached hydrogen (secondary N) is 1. The van der Waals surface area contributed by atoms with E-state index in [0.717, 1.165) is 26.3 Å². The Morgan fingerprint density at radius 1 is 1.44 bits per heavy atom. The lowest BCUT2D eigenvalue weighted by molar-refractivity contribution is 0.0648. The van der Waals surface area contributed by atoms with Crippen LogP contribution >= 0.6 is 0 Å². The highest BCUT2D eigenvalue weighted by atomic mass is 16.5. The third-order valence-corrected chi connectivity index (χ3v) is 3.74. The molecule has 1 heterocycles. The number of rotatable bonds is 4. The summed E-state index contributed by atoms with van der Waals surface area (Å²) in [7, 11) is 2.22. The second-order valence-electron chi connectivity index (χ2n) is 6.04. The van der Waals surface area contributed by atoms with Crippen LogP contribution in [0.3, 0.4) is 0 Å². The van der Waals surface area contributed by atoms with Crippen LogP contribution in [0.5, 0.6) is 0 Å². The molecule has 0 aromatic carbocycles. The minimum Gasteiger partial charge on any atom is -0.379 e.